The van der Waals surface area contributed by atoms with E-state index in [-0.39, 0.29) is 16.2 Å². The molecule has 6 nitrogen and oxygen atoms in total. The van der Waals surface area contributed by atoms with Crippen molar-refractivity contribution in [2.75, 3.05) is 0 Å². The summed E-state index contributed by atoms with van der Waals surface area (Å²) in [6.07, 6.45) is 5.34. The van der Waals surface area contributed by atoms with Crippen molar-refractivity contribution in [1.29, 1.82) is 0 Å². The Morgan fingerprint density at radius 2 is 0.742 bits per heavy atom. The van der Waals surface area contributed by atoms with Crippen molar-refractivity contribution in [3.05, 3.63) is 53.9 Å². The van der Waals surface area contributed by atoms with E-state index in [1.165, 1.54) is 17.1 Å². The van der Waals surface area contributed by atoms with E-state index in [9.17, 15) is 0 Å². The summed E-state index contributed by atoms with van der Waals surface area (Å²) in [4.78, 5) is 0. The van der Waals surface area contributed by atoms with Crippen LogP contribution in [0.25, 0.3) is 0 Å². The number of hydrogen-bond acceptors (Lipinski definition) is 3. The van der Waals surface area contributed by atoms with Gasteiger partial charge in [0.05, 0.1) is 0 Å². The zero-order chi connectivity index (χ0) is 24.3. The predicted molar refractivity (Wildman–Crippen MR) is 129 cm³/mol. The van der Waals surface area contributed by atoms with E-state index in [1.807, 2.05) is 18.2 Å². The molecular weight excluding hydrogens is 544 g/mol. The number of nitrogens with zero attached hydrogens (tertiary/aromatic N) is 3. The molecule has 0 atom stereocenters. The van der Waals surface area contributed by atoms with Crippen LogP contribution in [0.5, 0.6) is 0 Å². The first-order chi connectivity index (χ1) is 14.0. The molecule has 0 aromatic carbocycles. The van der Waals surface area contributed by atoms with Gasteiger partial charge >= 0.3 is 42.1 Å². The molecule has 3 heterocycles. The third-order valence-corrected chi connectivity index (χ3v) is 3.93. The first kappa shape index (κ1) is 30.1. The van der Waals surface area contributed by atoms with Crippen LogP contribution in [0.1, 0.15) is 79.4 Å². The molecule has 3 aromatic rings. The Labute approximate surface area is 204 Å². The number of halogens is 3. The second-order valence-electron chi connectivity index (χ2n) is 9.81. The molecule has 0 amide bonds. The van der Waals surface area contributed by atoms with Crippen molar-refractivity contribution < 1.29 is 13.0 Å². The second kappa shape index (κ2) is 13.6. The van der Waals surface area contributed by atoms with Crippen molar-refractivity contribution in [3.8, 4) is 0 Å². The van der Waals surface area contributed by atoms with E-state index in [0.717, 1.165) is 0 Å². The molecule has 0 spiro atoms. The standard InChI is InChI=1S/3C7H12N2.3ClH.Ru/c3*1-7(2,3)6-4-5-8-9-6;;;;/h3*4-5H,1-3H3,(H,8,9);3*1H;/q;;;;;;+3/p-3. The quantitative estimate of drug-likeness (QED) is 0.246. The minimum absolute atomic E-state index is 0.205. The molecule has 0 aliphatic rings. The summed E-state index contributed by atoms with van der Waals surface area (Å²) in [5.74, 6) is 0. The van der Waals surface area contributed by atoms with E-state index in [2.05, 4.69) is 92.9 Å². The maximum absolute atomic E-state index is 4.95. The van der Waals surface area contributed by atoms with Gasteiger partial charge in [-0.05, 0) is 18.2 Å². The number of aromatic amines is 3. The van der Waals surface area contributed by atoms with E-state index in [0.29, 0.717) is 0 Å². The number of aromatic nitrogens is 6. The zero-order valence-electron chi connectivity index (χ0n) is 19.8. The Bertz CT molecular complexity index is 674. The number of nitrogens with one attached hydrogen (secondary N) is 3. The van der Waals surface area contributed by atoms with Gasteiger partial charge in [-0.3, -0.25) is 15.3 Å². The van der Waals surface area contributed by atoms with Gasteiger partial charge in [-0.15, -0.1) is 0 Å². The third-order valence-electron chi connectivity index (χ3n) is 3.93. The molecule has 10 heteroatoms. The normalized spacial score (nSPS) is 11.8. The molecule has 0 bridgehead atoms. The van der Waals surface area contributed by atoms with Gasteiger partial charge in [0.25, 0.3) is 0 Å². The first-order valence-electron chi connectivity index (χ1n) is 9.71. The van der Waals surface area contributed by atoms with Gasteiger partial charge in [0.1, 0.15) is 0 Å². The van der Waals surface area contributed by atoms with Crippen molar-refractivity contribution in [3.63, 3.8) is 0 Å². The Kier molecular flexibility index (Phi) is 13.2. The fourth-order valence-corrected chi connectivity index (χ4v) is 2.02. The Morgan fingerprint density at radius 3 is 0.806 bits per heavy atom. The molecule has 0 saturated carbocycles. The van der Waals surface area contributed by atoms with Crippen molar-refractivity contribution in [1.82, 2.24) is 30.6 Å². The van der Waals surface area contributed by atoms with Crippen LogP contribution in [0.15, 0.2) is 36.8 Å². The van der Waals surface area contributed by atoms with Gasteiger partial charge in [-0.1, -0.05) is 62.3 Å². The van der Waals surface area contributed by atoms with Crippen LogP contribution in [-0.4, -0.2) is 30.6 Å². The summed E-state index contributed by atoms with van der Waals surface area (Å²) in [5.41, 5.74) is 4.16. The number of hydrogen-bond donors (Lipinski definition) is 3. The van der Waals surface area contributed by atoms with Gasteiger partial charge in [-0.25, -0.2) is 0 Å². The third kappa shape index (κ3) is 14.7. The summed E-state index contributed by atoms with van der Waals surface area (Å²) >= 11 is -1.75. The molecule has 3 N–H and O–H groups in total. The molecule has 179 valence electrons. The Hall–Kier alpha value is -0.877. The van der Waals surface area contributed by atoms with Crippen LogP contribution in [0.2, 0.25) is 0 Å². The number of H-pyrrole nitrogens is 3. The molecule has 0 aliphatic carbocycles. The zero-order valence-corrected chi connectivity index (χ0v) is 23.8. The SMILES string of the molecule is CC(C)(C)c1ccn[nH]1.CC(C)(C)c1ccn[nH]1.CC(C)(C)c1ccn[nH]1.[Cl][Ru]([Cl])[Cl]. The van der Waals surface area contributed by atoms with Gasteiger partial charge < -0.3 is 0 Å². The van der Waals surface area contributed by atoms with Crippen LogP contribution in [0, 0.1) is 0 Å². The Morgan fingerprint density at radius 1 is 0.548 bits per heavy atom. The number of rotatable bonds is 0. The molecule has 0 fully saturated rings. The summed E-state index contributed by atoms with van der Waals surface area (Å²) < 4.78 is 0. The average molecular weight is 580 g/mol. The summed E-state index contributed by atoms with van der Waals surface area (Å²) in [6, 6.07) is 6.00. The average Bonchev–Trinajstić information content (AvgIpc) is 3.35. The summed E-state index contributed by atoms with van der Waals surface area (Å²) in [7, 11) is 14.8. The molecule has 31 heavy (non-hydrogen) atoms. The van der Waals surface area contributed by atoms with Crippen molar-refractivity contribution in [2.45, 2.75) is 78.6 Å². The maximum atomic E-state index is 4.95. The van der Waals surface area contributed by atoms with E-state index in [4.69, 9.17) is 29.1 Å². The molecule has 0 aliphatic heterocycles. The fourth-order valence-electron chi connectivity index (χ4n) is 2.02. The molecular formula is C21H36Cl3N6Ru. The van der Waals surface area contributed by atoms with Crippen LogP contribution in [0.4, 0.5) is 0 Å². The van der Waals surface area contributed by atoms with Gasteiger partial charge in [0, 0.05) is 51.9 Å². The van der Waals surface area contributed by atoms with E-state index >= 15 is 0 Å². The van der Waals surface area contributed by atoms with E-state index < -0.39 is 13.0 Å². The second-order valence-corrected chi connectivity index (χ2v) is 17.7. The summed E-state index contributed by atoms with van der Waals surface area (Å²) in [5, 5.41) is 20.4. The molecule has 0 radical (unpaired) electrons. The van der Waals surface area contributed by atoms with Crippen molar-refractivity contribution >= 4 is 29.1 Å². The predicted octanol–water partition coefficient (Wildman–Crippen LogP) is 7.19. The minimum atomic E-state index is -1.75. The first-order valence-corrected chi connectivity index (χ1v) is 16.4. The van der Waals surface area contributed by atoms with Crippen LogP contribution in [0.3, 0.4) is 0 Å². The van der Waals surface area contributed by atoms with Gasteiger partial charge in [0.2, 0.25) is 0 Å². The Balaban J connectivity index is 0.000000402. The molecule has 3 aromatic heterocycles. The molecule has 3 rings (SSSR count). The van der Waals surface area contributed by atoms with Gasteiger partial charge in [-0.2, -0.15) is 15.3 Å². The van der Waals surface area contributed by atoms with Crippen LogP contribution in [-0.2, 0) is 29.2 Å². The molecule has 0 unspecified atom stereocenters. The summed E-state index contributed by atoms with van der Waals surface area (Å²) in [6.45, 7) is 19.4. The fraction of sp³-hybridized carbons (Fsp3) is 0.571. The van der Waals surface area contributed by atoms with Crippen LogP contribution < -0.4 is 0 Å². The van der Waals surface area contributed by atoms with E-state index in [1.54, 1.807) is 18.6 Å². The van der Waals surface area contributed by atoms with Crippen LogP contribution >= 0.6 is 29.1 Å². The van der Waals surface area contributed by atoms with Crippen molar-refractivity contribution in [2.24, 2.45) is 0 Å². The molecule has 0 saturated heterocycles. The monoisotopic (exact) mass is 579 g/mol. The topological polar surface area (TPSA) is 86.0 Å². The van der Waals surface area contributed by atoms with Gasteiger partial charge in [0.15, 0.2) is 0 Å².